The van der Waals surface area contributed by atoms with Crippen molar-refractivity contribution in [3.63, 3.8) is 0 Å². The van der Waals surface area contributed by atoms with Gasteiger partial charge >= 0.3 is 5.97 Å². The molecule has 0 aliphatic carbocycles. The highest BCUT2D eigenvalue weighted by Crippen LogP contribution is 2.35. The predicted molar refractivity (Wildman–Crippen MR) is 108 cm³/mol. The first-order valence-corrected chi connectivity index (χ1v) is 11.6. The van der Waals surface area contributed by atoms with Gasteiger partial charge in [0.05, 0.1) is 24.2 Å². The molecular weight excluding hydrogens is 364 g/mol. The van der Waals surface area contributed by atoms with Gasteiger partial charge in [-0.25, -0.2) is 8.42 Å². The third-order valence-electron chi connectivity index (χ3n) is 4.85. The number of hydrogen-bond acceptors (Lipinski definition) is 4. The molecule has 1 aromatic carbocycles. The number of carboxylic acid groups (broad SMARTS) is 1. The number of carboxylic acids is 1. The summed E-state index contributed by atoms with van der Waals surface area (Å²) in [5, 5.41) is 9.29. The average molecular weight is 399 g/mol. The van der Waals surface area contributed by atoms with Crippen LogP contribution in [-0.4, -0.2) is 32.4 Å². The number of hydrogen-bond donors (Lipinski definition) is 1. The van der Waals surface area contributed by atoms with E-state index in [1.165, 1.54) is 20.0 Å². The molecule has 0 saturated carbocycles. The van der Waals surface area contributed by atoms with Crippen LogP contribution in [0.15, 0.2) is 23.1 Å². The molecule has 0 heterocycles. The van der Waals surface area contributed by atoms with Gasteiger partial charge in [-0.1, -0.05) is 58.4 Å². The molecule has 5 nitrogen and oxygen atoms in total. The molecule has 1 unspecified atom stereocenters. The largest absolute Gasteiger partial charge is 0.496 e. The Morgan fingerprint density at radius 2 is 1.74 bits per heavy atom. The Kier molecular flexibility index (Phi) is 10.4. The Hall–Kier alpha value is -1.56. The molecule has 1 N–H and O–H groups in total. The van der Waals surface area contributed by atoms with Crippen molar-refractivity contribution >= 4 is 15.8 Å². The van der Waals surface area contributed by atoms with Crippen LogP contribution in [-0.2, 0) is 14.6 Å². The molecule has 27 heavy (non-hydrogen) atoms. The van der Waals surface area contributed by atoms with Gasteiger partial charge in [0.2, 0.25) is 0 Å². The second kappa shape index (κ2) is 12.0. The van der Waals surface area contributed by atoms with E-state index in [-0.39, 0.29) is 23.0 Å². The lowest BCUT2D eigenvalue weighted by Gasteiger charge is -2.19. The van der Waals surface area contributed by atoms with E-state index < -0.39 is 15.8 Å². The van der Waals surface area contributed by atoms with Crippen molar-refractivity contribution in [3.05, 3.63) is 23.8 Å². The quantitative estimate of drug-likeness (QED) is 0.436. The second-order valence-electron chi connectivity index (χ2n) is 7.07. The first kappa shape index (κ1) is 23.5. The Morgan fingerprint density at radius 1 is 1.07 bits per heavy atom. The fourth-order valence-electron chi connectivity index (χ4n) is 3.25. The van der Waals surface area contributed by atoms with Gasteiger partial charge in [0, 0.05) is 0 Å². The van der Waals surface area contributed by atoms with Gasteiger partial charge in [0.25, 0.3) is 0 Å². The van der Waals surface area contributed by atoms with Gasteiger partial charge in [-0.15, -0.1) is 0 Å². The first-order chi connectivity index (χ1) is 12.9. The van der Waals surface area contributed by atoms with Crippen molar-refractivity contribution in [2.24, 2.45) is 0 Å². The van der Waals surface area contributed by atoms with Gasteiger partial charge in [0.1, 0.15) is 5.75 Å². The minimum atomic E-state index is -3.34. The molecule has 1 rings (SSSR count). The van der Waals surface area contributed by atoms with Crippen molar-refractivity contribution in [1.82, 2.24) is 0 Å². The van der Waals surface area contributed by atoms with Gasteiger partial charge in [-0.2, -0.15) is 0 Å². The number of methoxy groups -OCH3 is 1. The van der Waals surface area contributed by atoms with Gasteiger partial charge in [-0.3, -0.25) is 4.79 Å². The number of sulfone groups is 1. The minimum absolute atomic E-state index is 0.0199. The molecule has 0 aliphatic heterocycles. The van der Waals surface area contributed by atoms with Crippen LogP contribution in [0, 0.1) is 0 Å². The molecule has 0 aliphatic rings. The summed E-state index contributed by atoms with van der Waals surface area (Å²) >= 11 is 0. The SMILES string of the molecule is CCCCCCCC(CC(=O)O)c1ccc(S(=O)(=O)CCCC)cc1OC. The Balaban J connectivity index is 3.02. The molecule has 0 fully saturated rings. The van der Waals surface area contributed by atoms with E-state index in [4.69, 9.17) is 4.74 Å². The fraction of sp³-hybridized carbons (Fsp3) is 0.667. The maximum Gasteiger partial charge on any atom is 0.303 e. The predicted octanol–water partition coefficient (Wildman–Crippen LogP) is 5.19. The van der Waals surface area contributed by atoms with Crippen molar-refractivity contribution < 1.29 is 23.1 Å². The minimum Gasteiger partial charge on any atom is -0.496 e. The molecule has 0 spiro atoms. The summed E-state index contributed by atoms with van der Waals surface area (Å²) in [6.07, 6.45) is 7.76. The lowest BCUT2D eigenvalue weighted by atomic mass is 9.89. The third kappa shape index (κ3) is 7.91. The summed E-state index contributed by atoms with van der Waals surface area (Å²) in [5.74, 6) is -0.448. The van der Waals surface area contributed by atoms with Gasteiger partial charge in [0.15, 0.2) is 9.84 Å². The van der Waals surface area contributed by atoms with Crippen molar-refractivity contribution in [2.75, 3.05) is 12.9 Å². The summed E-state index contributed by atoms with van der Waals surface area (Å²) in [6, 6.07) is 4.87. The van der Waals surface area contributed by atoms with E-state index in [0.29, 0.717) is 12.2 Å². The van der Waals surface area contributed by atoms with Gasteiger partial charge < -0.3 is 9.84 Å². The molecule has 0 amide bonds. The van der Waals surface area contributed by atoms with E-state index in [9.17, 15) is 18.3 Å². The molecule has 0 saturated heterocycles. The van der Waals surface area contributed by atoms with Crippen LogP contribution in [0.25, 0.3) is 0 Å². The van der Waals surface area contributed by atoms with Crippen molar-refractivity contribution in [1.29, 1.82) is 0 Å². The van der Waals surface area contributed by atoms with Crippen molar-refractivity contribution in [2.45, 2.75) is 82.4 Å². The highest BCUT2D eigenvalue weighted by atomic mass is 32.2. The highest BCUT2D eigenvalue weighted by molar-refractivity contribution is 7.91. The van der Waals surface area contributed by atoms with E-state index in [1.807, 2.05) is 6.92 Å². The molecule has 0 aromatic heterocycles. The normalized spacial score (nSPS) is 12.7. The average Bonchev–Trinajstić information content (AvgIpc) is 2.64. The first-order valence-electron chi connectivity index (χ1n) is 9.98. The highest BCUT2D eigenvalue weighted by Gasteiger charge is 2.22. The number of benzene rings is 1. The van der Waals surface area contributed by atoms with E-state index in [0.717, 1.165) is 37.7 Å². The standard InChI is InChI=1S/C21H34O5S/c1-4-6-8-9-10-11-17(15-21(22)23)19-13-12-18(16-20(19)26-3)27(24,25)14-7-5-2/h12-13,16-17H,4-11,14-15H2,1-3H3,(H,22,23). The van der Waals surface area contributed by atoms with Gasteiger partial charge in [-0.05, 0) is 36.5 Å². The zero-order valence-electron chi connectivity index (χ0n) is 16.9. The van der Waals surface area contributed by atoms with Crippen LogP contribution in [0.5, 0.6) is 5.75 Å². The number of rotatable bonds is 14. The Labute approximate surface area is 164 Å². The van der Waals surface area contributed by atoms with Crippen LogP contribution in [0.2, 0.25) is 0 Å². The van der Waals surface area contributed by atoms with Crippen LogP contribution in [0.3, 0.4) is 0 Å². The topological polar surface area (TPSA) is 80.7 Å². The molecule has 1 aromatic rings. The summed E-state index contributed by atoms with van der Waals surface area (Å²) in [4.78, 5) is 11.6. The molecule has 154 valence electrons. The second-order valence-corrected chi connectivity index (χ2v) is 9.18. The summed E-state index contributed by atoms with van der Waals surface area (Å²) in [7, 11) is -1.84. The van der Waals surface area contributed by atoms with Crippen LogP contribution in [0.4, 0.5) is 0 Å². The Morgan fingerprint density at radius 3 is 2.33 bits per heavy atom. The number of carbonyl (C=O) groups is 1. The van der Waals surface area contributed by atoms with E-state index >= 15 is 0 Å². The summed E-state index contributed by atoms with van der Waals surface area (Å²) < 4.78 is 30.3. The van der Waals surface area contributed by atoms with Crippen LogP contribution in [0.1, 0.15) is 83.1 Å². The molecule has 0 bridgehead atoms. The molecule has 1 atom stereocenters. The van der Waals surface area contributed by atoms with E-state index in [1.54, 1.807) is 18.2 Å². The Bertz CT molecular complexity index is 682. The maximum atomic E-state index is 12.4. The number of ether oxygens (including phenoxy) is 1. The zero-order valence-corrected chi connectivity index (χ0v) is 17.7. The maximum absolute atomic E-state index is 12.4. The summed E-state index contributed by atoms with van der Waals surface area (Å²) in [6.45, 7) is 4.12. The van der Waals surface area contributed by atoms with E-state index in [2.05, 4.69) is 6.92 Å². The summed E-state index contributed by atoms with van der Waals surface area (Å²) in [5.41, 5.74) is 0.782. The molecule has 0 radical (unpaired) electrons. The zero-order chi connectivity index (χ0) is 20.3. The molecule has 6 heteroatoms. The lowest BCUT2D eigenvalue weighted by Crippen LogP contribution is -2.10. The number of aliphatic carboxylic acids is 1. The van der Waals surface area contributed by atoms with Crippen molar-refractivity contribution in [3.8, 4) is 5.75 Å². The fourth-order valence-corrected chi connectivity index (χ4v) is 4.71. The monoisotopic (exact) mass is 398 g/mol. The number of unbranched alkanes of at least 4 members (excludes halogenated alkanes) is 5. The molecular formula is C21H34O5S. The smallest absolute Gasteiger partial charge is 0.303 e. The lowest BCUT2D eigenvalue weighted by molar-refractivity contribution is -0.137. The third-order valence-corrected chi connectivity index (χ3v) is 6.65. The van der Waals surface area contributed by atoms with Crippen LogP contribution < -0.4 is 4.74 Å². The van der Waals surface area contributed by atoms with Crippen LogP contribution >= 0.6 is 0 Å².